The number of nitrogens with zero attached hydrogens (tertiary/aromatic N) is 1. The number of ether oxygens (including phenoxy) is 1. The second-order valence-corrected chi connectivity index (χ2v) is 5.50. The van der Waals surface area contributed by atoms with Crippen molar-refractivity contribution < 1.29 is 9.53 Å². The molecular formula is C15H26N4O2. The summed E-state index contributed by atoms with van der Waals surface area (Å²) in [7, 11) is 0. The fourth-order valence-electron chi connectivity index (χ4n) is 2.58. The van der Waals surface area contributed by atoms with E-state index < -0.39 is 0 Å². The summed E-state index contributed by atoms with van der Waals surface area (Å²) in [6.45, 7) is 8.24. The first-order chi connectivity index (χ1) is 9.94. The highest BCUT2D eigenvalue weighted by Crippen LogP contribution is 2.30. The quantitative estimate of drug-likeness (QED) is 0.392. The number of nitrogens with one attached hydrogen (secondary N) is 2. The van der Waals surface area contributed by atoms with E-state index in [0.717, 1.165) is 6.42 Å². The Hall–Kier alpha value is -1.85. The molecule has 0 radical (unpaired) electrons. The van der Waals surface area contributed by atoms with E-state index in [1.54, 1.807) is 12.3 Å². The number of aldehydes is 1. The number of carbonyl (C=O) groups excluding carboxylic acids is 1. The van der Waals surface area contributed by atoms with Gasteiger partial charge < -0.3 is 15.8 Å². The molecule has 0 saturated carbocycles. The van der Waals surface area contributed by atoms with Gasteiger partial charge in [-0.15, -0.1) is 0 Å². The van der Waals surface area contributed by atoms with Crippen LogP contribution < -0.4 is 11.1 Å². The summed E-state index contributed by atoms with van der Waals surface area (Å²) >= 11 is 0. The maximum atomic E-state index is 11.1. The van der Waals surface area contributed by atoms with Gasteiger partial charge >= 0.3 is 0 Å². The van der Waals surface area contributed by atoms with Gasteiger partial charge in [-0.3, -0.25) is 15.2 Å². The van der Waals surface area contributed by atoms with Crippen molar-refractivity contribution in [3.05, 3.63) is 11.8 Å². The summed E-state index contributed by atoms with van der Waals surface area (Å²) in [4.78, 5) is 15.6. The van der Waals surface area contributed by atoms with Crippen LogP contribution in [0.1, 0.15) is 34.1 Å². The molecule has 6 nitrogen and oxygen atoms in total. The van der Waals surface area contributed by atoms with E-state index in [0.29, 0.717) is 12.2 Å². The zero-order chi connectivity index (χ0) is 16.0. The lowest BCUT2D eigenvalue weighted by molar-refractivity contribution is -0.110. The van der Waals surface area contributed by atoms with E-state index in [1.807, 2.05) is 6.92 Å². The molecule has 0 spiro atoms. The predicted octanol–water partition coefficient (Wildman–Crippen LogP) is 1.46. The number of carbonyl (C=O) groups is 1. The molecule has 4 N–H and O–H groups in total. The molecule has 0 aliphatic carbocycles. The summed E-state index contributed by atoms with van der Waals surface area (Å²) < 4.78 is 5.83. The van der Waals surface area contributed by atoms with Gasteiger partial charge in [0, 0.05) is 0 Å². The van der Waals surface area contributed by atoms with Crippen molar-refractivity contribution in [3.8, 4) is 0 Å². The highest BCUT2D eigenvalue weighted by molar-refractivity contribution is 5.76. The third-order valence-corrected chi connectivity index (χ3v) is 4.14. The van der Waals surface area contributed by atoms with Crippen molar-refractivity contribution in [1.82, 2.24) is 5.32 Å². The summed E-state index contributed by atoms with van der Waals surface area (Å²) in [5.41, 5.74) is 5.44. The monoisotopic (exact) mass is 294 g/mol. The number of hydrogen-bond acceptors (Lipinski definition) is 4. The molecule has 0 bridgehead atoms. The molecule has 0 aromatic rings. The van der Waals surface area contributed by atoms with E-state index in [2.05, 4.69) is 31.1 Å². The lowest BCUT2D eigenvalue weighted by Gasteiger charge is -2.39. The Kier molecular flexibility index (Phi) is 6.39. The highest BCUT2D eigenvalue weighted by Gasteiger charge is 2.39. The molecule has 6 heteroatoms. The number of aliphatic imine (C=N–C) groups is 1. The van der Waals surface area contributed by atoms with Gasteiger partial charge in [-0.1, -0.05) is 27.2 Å². The summed E-state index contributed by atoms with van der Waals surface area (Å²) in [6.07, 6.45) is 4.86. The molecule has 0 unspecified atom stereocenters. The first kappa shape index (κ1) is 17.2. The molecule has 1 rings (SSSR count). The molecule has 0 aromatic heterocycles. The molecular weight excluding hydrogens is 268 g/mol. The van der Waals surface area contributed by atoms with E-state index in [4.69, 9.17) is 15.9 Å². The smallest absolute Gasteiger partial charge is 0.186 e. The molecule has 0 saturated heterocycles. The normalized spacial score (nSPS) is 28.4. The zero-order valence-corrected chi connectivity index (χ0v) is 13.2. The second kappa shape index (κ2) is 7.81. The Labute approximate surface area is 126 Å². The van der Waals surface area contributed by atoms with Crippen LogP contribution in [-0.2, 0) is 9.53 Å². The van der Waals surface area contributed by atoms with Crippen LogP contribution in [0.4, 0.5) is 0 Å². The van der Waals surface area contributed by atoms with Crippen molar-refractivity contribution in [1.29, 1.82) is 5.41 Å². The van der Waals surface area contributed by atoms with Gasteiger partial charge in [0.1, 0.15) is 12.1 Å². The van der Waals surface area contributed by atoms with Crippen molar-refractivity contribution >= 4 is 18.5 Å². The fraction of sp³-hybridized carbons (Fsp3) is 0.667. The standard InChI is InChI=1S/C15H26N4O2/c1-5-9(3)10(4)14-13(18-6-2)12(19-15(16)17)7-11(8-20)21-14/h6-10,12-14H,5H2,1-4H3,(H4,16,17,19)/b18-6+/t9-,10-,12+,13-,14+/m1/s1. The SMILES string of the molecule is C/C=N/[C@H]1[C@H]([C@H](C)[C@H](C)CC)OC(C=O)=C[C@@H]1NC(=N)N. The van der Waals surface area contributed by atoms with Crippen LogP contribution in [0, 0.1) is 17.2 Å². The van der Waals surface area contributed by atoms with Gasteiger partial charge in [0.25, 0.3) is 0 Å². The third kappa shape index (κ3) is 4.31. The minimum Gasteiger partial charge on any atom is -0.485 e. The van der Waals surface area contributed by atoms with E-state index in [9.17, 15) is 4.79 Å². The minimum atomic E-state index is -0.316. The third-order valence-electron chi connectivity index (χ3n) is 4.14. The summed E-state index contributed by atoms with van der Waals surface area (Å²) in [6, 6.07) is -0.532. The molecule has 0 amide bonds. The number of rotatable bonds is 6. The maximum absolute atomic E-state index is 11.1. The van der Waals surface area contributed by atoms with Crippen LogP contribution in [0.2, 0.25) is 0 Å². The van der Waals surface area contributed by atoms with Crippen LogP contribution >= 0.6 is 0 Å². The van der Waals surface area contributed by atoms with Gasteiger partial charge in [0.05, 0.1) is 6.04 Å². The molecule has 1 aliphatic rings. The van der Waals surface area contributed by atoms with Crippen LogP contribution in [0.5, 0.6) is 0 Å². The fourth-order valence-corrected chi connectivity index (χ4v) is 2.58. The predicted molar refractivity (Wildman–Crippen MR) is 84.4 cm³/mol. The van der Waals surface area contributed by atoms with E-state index in [1.165, 1.54) is 0 Å². The van der Waals surface area contributed by atoms with Crippen molar-refractivity contribution in [2.24, 2.45) is 22.6 Å². The Bertz CT molecular complexity index is 433. The lowest BCUT2D eigenvalue weighted by Crippen LogP contribution is -2.54. The average molecular weight is 294 g/mol. The molecule has 0 fully saturated rings. The highest BCUT2D eigenvalue weighted by atomic mass is 16.5. The zero-order valence-electron chi connectivity index (χ0n) is 13.2. The average Bonchev–Trinajstić information content (AvgIpc) is 2.46. The maximum Gasteiger partial charge on any atom is 0.186 e. The Balaban J connectivity index is 3.12. The topological polar surface area (TPSA) is 101 Å². The van der Waals surface area contributed by atoms with Crippen LogP contribution in [0.15, 0.2) is 16.8 Å². The first-order valence-corrected chi connectivity index (χ1v) is 7.36. The second-order valence-electron chi connectivity index (χ2n) is 5.50. The van der Waals surface area contributed by atoms with Crippen molar-refractivity contribution in [2.75, 3.05) is 0 Å². The number of allylic oxidation sites excluding steroid dienone is 1. The molecule has 21 heavy (non-hydrogen) atoms. The number of hydrogen-bond donors (Lipinski definition) is 3. The summed E-state index contributed by atoms with van der Waals surface area (Å²) in [5.74, 6) is 0.795. The molecule has 118 valence electrons. The van der Waals surface area contributed by atoms with Gasteiger partial charge in [-0.2, -0.15) is 0 Å². The molecule has 0 aromatic carbocycles. The van der Waals surface area contributed by atoms with Crippen LogP contribution in [0.3, 0.4) is 0 Å². The Morgan fingerprint density at radius 2 is 2.29 bits per heavy atom. The first-order valence-electron chi connectivity index (χ1n) is 7.36. The molecule has 5 atom stereocenters. The van der Waals surface area contributed by atoms with Gasteiger partial charge in [-0.05, 0) is 31.1 Å². The van der Waals surface area contributed by atoms with Gasteiger partial charge in [0.2, 0.25) is 0 Å². The van der Waals surface area contributed by atoms with E-state index >= 15 is 0 Å². The Morgan fingerprint density at radius 3 is 2.76 bits per heavy atom. The van der Waals surface area contributed by atoms with Gasteiger partial charge in [0.15, 0.2) is 18.0 Å². The van der Waals surface area contributed by atoms with Crippen molar-refractivity contribution in [2.45, 2.75) is 52.3 Å². The minimum absolute atomic E-state index is 0.144. The van der Waals surface area contributed by atoms with E-state index in [-0.39, 0.29) is 35.8 Å². The molecule has 1 heterocycles. The van der Waals surface area contributed by atoms with Crippen LogP contribution in [-0.4, -0.2) is 36.6 Å². The lowest BCUT2D eigenvalue weighted by atomic mass is 9.82. The number of nitrogens with two attached hydrogens (primary N) is 1. The molecule has 1 aliphatic heterocycles. The van der Waals surface area contributed by atoms with Crippen molar-refractivity contribution in [3.63, 3.8) is 0 Å². The number of guanidine groups is 1. The largest absolute Gasteiger partial charge is 0.485 e. The van der Waals surface area contributed by atoms with Gasteiger partial charge in [-0.25, -0.2) is 0 Å². The summed E-state index contributed by atoms with van der Waals surface area (Å²) in [5, 5.41) is 10.3. The van der Waals surface area contributed by atoms with Crippen LogP contribution in [0.25, 0.3) is 0 Å². The Morgan fingerprint density at radius 1 is 1.62 bits per heavy atom.